The van der Waals surface area contributed by atoms with Gasteiger partial charge in [-0.25, -0.2) is 9.78 Å². The second-order valence-electron chi connectivity index (χ2n) is 9.38. The molecular weight excluding hydrogens is 531 g/mol. The first kappa shape index (κ1) is 25.0. The Morgan fingerprint density at radius 3 is 2.77 bits per heavy atom. The van der Waals surface area contributed by atoms with Gasteiger partial charge in [-0.15, -0.1) is 0 Å². The number of aromatic nitrogens is 2. The summed E-state index contributed by atoms with van der Waals surface area (Å²) >= 11 is 12.5. The summed E-state index contributed by atoms with van der Waals surface area (Å²) in [7, 11) is 0. The molecule has 2 aromatic heterocycles. The number of para-hydroxylation sites is 1. The molecule has 2 heterocycles. The number of nitriles is 1. The van der Waals surface area contributed by atoms with Gasteiger partial charge in [-0.1, -0.05) is 71.7 Å². The number of carbonyl (C=O) groups excluding carboxylic acids is 1. The van der Waals surface area contributed by atoms with Crippen LogP contribution in [-0.4, -0.2) is 22.7 Å². The van der Waals surface area contributed by atoms with Gasteiger partial charge in [0.2, 0.25) is 0 Å². The number of amides is 1. The minimum Gasteiger partial charge on any atom is -0.449 e. The van der Waals surface area contributed by atoms with Gasteiger partial charge in [-0.2, -0.15) is 5.26 Å². The summed E-state index contributed by atoms with van der Waals surface area (Å²) in [5, 5.41) is 14.9. The average molecular weight is 553 g/mol. The first-order valence-corrected chi connectivity index (χ1v) is 13.2. The first-order valence-electron chi connectivity index (χ1n) is 12.5. The second-order valence-corrected chi connectivity index (χ2v) is 10.2. The van der Waals surface area contributed by atoms with E-state index in [0.717, 1.165) is 44.3 Å². The highest BCUT2D eigenvalue weighted by Gasteiger charge is 2.30. The number of ether oxygens (including phenoxy) is 1. The molecular formula is C31H22Cl2N4O2. The van der Waals surface area contributed by atoms with Crippen LogP contribution in [-0.2, 0) is 17.6 Å². The molecule has 6 rings (SSSR count). The summed E-state index contributed by atoms with van der Waals surface area (Å²) in [4.78, 5) is 20.3. The SMILES string of the molecule is N#Cc1c(NC(=O)OCCc2c[nH]c3ccccc23)ncc2c1-c1ccccc1C(c1ccc(Cl)c(Cl)c1)C2. The van der Waals surface area contributed by atoms with Crippen LogP contribution in [0.1, 0.15) is 33.7 Å². The summed E-state index contributed by atoms with van der Waals surface area (Å²) in [5.41, 5.74) is 7.12. The van der Waals surface area contributed by atoms with Crippen LogP contribution in [0.4, 0.5) is 10.6 Å². The lowest BCUT2D eigenvalue weighted by molar-refractivity contribution is 0.163. The summed E-state index contributed by atoms with van der Waals surface area (Å²) in [6, 6.07) is 23.9. The van der Waals surface area contributed by atoms with E-state index in [4.69, 9.17) is 27.9 Å². The first-order chi connectivity index (χ1) is 19.0. The number of benzene rings is 3. The Balaban J connectivity index is 1.24. The van der Waals surface area contributed by atoms with E-state index in [2.05, 4.69) is 27.4 Å². The van der Waals surface area contributed by atoms with Gasteiger partial charge in [0.1, 0.15) is 11.6 Å². The lowest BCUT2D eigenvalue weighted by Gasteiger charge is -2.29. The maximum atomic E-state index is 12.7. The minimum atomic E-state index is -0.656. The number of nitrogens with zero attached hydrogens (tertiary/aromatic N) is 2. The molecule has 0 bridgehead atoms. The zero-order valence-corrected chi connectivity index (χ0v) is 22.2. The zero-order chi connectivity index (χ0) is 26.9. The molecule has 39 heavy (non-hydrogen) atoms. The summed E-state index contributed by atoms with van der Waals surface area (Å²) in [5.74, 6) is 0.196. The number of halogens is 2. The second kappa shape index (κ2) is 10.5. The van der Waals surface area contributed by atoms with Crippen molar-refractivity contribution in [2.24, 2.45) is 0 Å². The Morgan fingerprint density at radius 1 is 1.10 bits per heavy atom. The number of hydrogen-bond acceptors (Lipinski definition) is 4. The van der Waals surface area contributed by atoms with Gasteiger partial charge >= 0.3 is 6.09 Å². The van der Waals surface area contributed by atoms with Crippen LogP contribution in [0.15, 0.2) is 79.1 Å². The van der Waals surface area contributed by atoms with Crippen molar-refractivity contribution in [1.29, 1.82) is 5.26 Å². The average Bonchev–Trinajstić information content (AvgIpc) is 3.37. The highest BCUT2D eigenvalue weighted by atomic mass is 35.5. The standard InChI is InChI=1S/C31H22Cl2N4O2/c32-26-10-9-18(14-27(26)33)24-13-20-17-36-30(25(15-34)29(20)23-7-2-1-6-22(23)24)37-31(38)39-12-11-19-16-35-28-8-4-3-5-21(19)28/h1-10,14,16-17,24,35H,11-13H2,(H,36,37,38). The van der Waals surface area contributed by atoms with Crippen molar-refractivity contribution in [2.75, 3.05) is 11.9 Å². The van der Waals surface area contributed by atoms with Crippen molar-refractivity contribution in [3.63, 3.8) is 0 Å². The summed E-state index contributed by atoms with van der Waals surface area (Å²) in [6.45, 7) is 0.189. The molecule has 1 aliphatic rings. The Bertz CT molecular complexity index is 1770. The molecule has 8 heteroatoms. The molecule has 0 saturated heterocycles. The molecule has 192 valence electrons. The summed E-state index contributed by atoms with van der Waals surface area (Å²) in [6.07, 6.45) is 4.17. The Labute approximate surface area is 235 Å². The number of anilines is 1. The fourth-order valence-corrected chi connectivity index (χ4v) is 5.63. The molecule has 3 aromatic carbocycles. The third kappa shape index (κ3) is 4.72. The molecule has 1 atom stereocenters. The Hall–Kier alpha value is -4.31. The number of H-pyrrole nitrogens is 1. The molecule has 5 aromatic rings. The van der Waals surface area contributed by atoms with E-state index in [-0.39, 0.29) is 18.3 Å². The van der Waals surface area contributed by atoms with Crippen molar-refractivity contribution in [2.45, 2.75) is 18.8 Å². The third-order valence-electron chi connectivity index (χ3n) is 7.14. The van der Waals surface area contributed by atoms with Gasteiger partial charge in [0.05, 0.1) is 16.7 Å². The lowest BCUT2D eigenvalue weighted by Crippen LogP contribution is -2.19. The fraction of sp³-hybridized carbons (Fsp3) is 0.129. The van der Waals surface area contributed by atoms with Crippen molar-refractivity contribution < 1.29 is 9.53 Å². The van der Waals surface area contributed by atoms with E-state index in [9.17, 15) is 10.1 Å². The van der Waals surface area contributed by atoms with Crippen molar-refractivity contribution in [1.82, 2.24) is 9.97 Å². The van der Waals surface area contributed by atoms with Crippen molar-refractivity contribution >= 4 is 46.0 Å². The Kier molecular flexibility index (Phi) is 6.70. The number of nitrogens with one attached hydrogen (secondary N) is 2. The topological polar surface area (TPSA) is 90.8 Å². The van der Waals surface area contributed by atoms with Crippen molar-refractivity contribution in [3.8, 4) is 17.2 Å². The van der Waals surface area contributed by atoms with Gasteiger partial charge in [0.15, 0.2) is 5.82 Å². The highest BCUT2D eigenvalue weighted by molar-refractivity contribution is 6.42. The predicted molar refractivity (Wildman–Crippen MR) is 153 cm³/mol. The number of rotatable bonds is 5. The smallest absolute Gasteiger partial charge is 0.412 e. The van der Waals surface area contributed by atoms with E-state index in [0.29, 0.717) is 28.5 Å². The van der Waals surface area contributed by atoms with Gasteiger partial charge in [0, 0.05) is 41.2 Å². The number of aromatic amines is 1. The monoisotopic (exact) mass is 552 g/mol. The molecule has 0 aliphatic heterocycles. The van der Waals surface area contributed by atoms with Crippen LogP contribution < -0.4 is 5.32 Å². The molecule has 1 aliphatic carbocycles. The van der Waals surface area contributed by atoms with Crippen LogP contribution in [0.3, 0.4) is 0 Å². The molecule has 0 fully saturated rings. The number of hydrogen-bond donors (Lipinski definition) is 2. The molecule has 6 nitrogen and oxygen atoms in total. The quantitative estimate of drug-likeness (QED) is 0.232. The van der Waals surface area contributed by atoms with E-state index >= 15 is 0 Å². The van der Waals surface area contributed by atoms with Crippen LogP contribution in [0.25, 0.3) is 22.0 Å². The molecule has 0 spiro atoms. The number of carbonyl (C=O) groups is 1. The van der Waals surface area contributed by atoms with Crippen LogP contribution >= 0.6 is 23.2 Å². The Morgan fingerprint density at radius 2 is 1.92 bits per heavy atom. The molecule has 0 radical (unpaired) electrons. The van der Waals surface area contributed by atoms with Crippen molar-refractivity contribution in [3.05, 3.63) is 117 Å². The van der Waals surface area contributed by atoms with E-state index in [1.807, 2.05) is 60.8 Å². The number of fused-ring (bicyclic) bond motifs is 4. The summed E-state index contributed by atoms with van der Waals surface area (Å²) < 4.78 is 5.44. The minimum absolute atomic E-state index is 0.0186. The van der Waals surface area contributed by atoms with E-state index in [1.54, 1.807) is 12.3 Å². The third-order valence-corrected chi connectivity index (χ3v) is 7.88. The van der Waals surface area contributed by atoms with Gasteiger partial charge in [-0.05, 0) is 52.4 Å². The molecule has 0 saturated carbocycles. The number of pyridine rings is 1. The fourth-order valence-electron chi connectivity index (χ4n) is 5.33. The maximum absolute atomic E-state index is 12.7. The largest absolute Gasteiger partial charge is 0.449 e. The van der Waals surface area contributed by atoms with E-state index in [1.165, 1.54) is 0 Å². The van der Waals surface area contributed by atoms with E-state index < -0.39 is 6.09 Å². The molecule has 2 N–H and O–H groups in total. The van der Waals surface area contributed by atoms with Crippen LogP contribution in [0.5, 0.6) is 0 Å². The maximum Gasteiger partial charge on any atom is 0.412 e. The van der Waals surface area contributed by atoms with Gasteiger partial charge in [-0.3, -0.25) is 5.32 Å². The molecule has 1 amide bonds. The normalized spacial score (nSPS) is 13.8. The predicted octanol–water partition coefficient (Wildman–Crippen LogP) is 7.89. The van der Waals surface area contributed by atoms with Gasteiger partial charge in [0.25, 0.3) is 0 Å². The van der Waals surface area contributed by atoms with Crippen LogP contribution in [0, 0.1) is 11.3 Å². The lowest BCUT2D eigenvalue weighted by atomic mass is 9.75. The zero-order valence-electron chi connectivity index (χ0n) is 20.7. The highest BCUT2D eigenvalue weighted by Crippen LogP contribution is 2.45. The van der Waals surface area contributed by atoms with Gasteiger partial charge < -0.3 is 9.72 Å². The molecule has 1 unspecified atom stereocenters. The van der Waals surface area contributed by atoms with Crippen LogP contribution in [0.2, 0.25) is 10.0 Å².